The van der Waals surface area contributed by atoms with Crippen LogP contribution in [0.5, 0.6) is 0 Å². The van der Waals surface area contributed by atoms with E-state index in [1.165, 1.54) is 19.3 Å². The lowest BCUT2D eigenvalue weighted by molar-refractivity contribution is -0.155. The van der Waals surface area contributed by atoms with Gasteiger partial charge in [0.2, 0.25) is 5.91 Å². The number of carboxylic acid groups (broad SMARTS) is 1. The van der Waals surface area contributed by atoms with E-state index in [-0.39, 0.29) is 17.9 Å². The standard InChI is InChI=1S/C16H26N2O3/c1-10-5-4-8-18(14(10)16(20)21)15(19)13-9-11-6-2-3-7-12(11)17-13/h10-14,17H,2-9H2,1H3,(H,20,21). The van der Waals surface area contributed by atoms with Gasteiger partial charge in [0.05, 0.1) is 6.04 Å². The number of nitrogens with zero attached hydrogens (tertiary/aromatic N) is 1. The number of hydrogen-bond donors (Lipinski definition) is 2. The van der Waals surface area contributed by atoms with E-state index >= 15 is 0 Å². The van der Waals surface area contributed by atoms with Gasteiger partial charge in [0.25, 0.3) is 0 Å². The maximum Gasteiger partial charge on any atom is 0.326 e. The molecule has 0 aromatic carbocycles. The number of hydrogen-bond acceptors (Lipinski definition) is 3. The van der Waals surface area contributed by atoms with Crippen LogP contribution in [-0.4, -0.2) is 46.6 Å². The number of fused-ring (bicyclic) bond motifs is 1. The second-order valence-electron chi connectivity index (χ2n) is 7.04. The van der Waals surface area contributed by atoms with Crippen molar-refractivity contribution in [3.8, 4) is 0 Å². The van der Waals surface area contributed by atoms with Crippen LogP contribution in [0.25, 0.3) is 0 Å². The SMILES string of the molecule is CC1CCCN(C(=O)C2CC3CCCCC3N2)C1C(=O)O. The second-order valence-corrected chi connectivity index (χ2v) is 7.04. The van der Waals surface area contributed by atoms with Gasteiger partial charge in [-0.2, -0.15) is 0 Å². The van der Waals surface area contributed by atoms with E-state index < -0.39 is 12.0 Å². The number of likely N-dealkylation sites (tertiary alicyclic amines) is 1. The molecule has 5 heteroatoms. The summed E-state index contributed by atoms with van der Waals surface area (Å²) in [7, 11) is 0. The molecule has 2 saturated heterocycles. The highest BCUT2D eigenvalue weighted by Gasteiger charge is 2.44. The molecule has 3 rings (SSSR count). The van der Waals surface area contributed by atoms with Crippen molar-refractivity contribution >= 4 is 11.9 Å². The summed E-state index contributed by atoms with van der Waals surface area (Å²) in [5, 5.41) is 12.9. The summed E-state index contributed by atoms with van der Waals surface area (Å²) >= 11 is 0. The highest BCUT2D eigenvalue weighted by Crippen LogP contribution is 2.34. The molecule has 3 aliphatic rings. The fourth-order valence-corrected chi connectivity index (χ4v) is 4.52. The molecule has 1 saturated carbocycles. The molecule has 118 valence electrons. The van der Waals surface area contributed by atoms with Crippen LogP contribution in [0.3, 0.4) is 0 Å². The third kappa shape index (κ3) is 2.80. The molecule has 5 atom stereocenters. The van der Waals surface area contributed by atoms with Crippen molar-refractivity contribution in [2.75, 3.05) is 6.54 Å². The van der Waals surface area contributed by atoms with Gasteiger partial charge < -0.3 is 15.3 Å². The predicted molar refractivity (Wildman–Crippen MR) is 78.8 cm³/mol. The van der Waals surface area contributed by atoms with Crippen molar-refractivity contribution in [2.24, 2.45) is 11.8 Å². The van der Waals surface area contributed by atoms with Crippen LogP contribution in [0.4, 0.5) is 0 Å². The van der Waals surface area contributed by atoms with Crippen molar-refractivity contribution in [1.82, 2.24) is 10.2 Å². The van der Waals surface area contributed by atoms with E-state index in [0.29, 0.717) is 18.5 Å². The molecule has 21 heavy (non-hydrogen) atoms. The monoisotopic (exact) mass is 294 g/mol. The zero-order valence-corrected chi connectivity index (χ0v) is 12.8. The number of carbonyl (C=O) groups is 2. The Hall–Kier alpha value is -1.10. The van der Waals surface area contributed by atoms with Crippen LogP contribution in [0.2, 0.25) is 0 Å². The maximum atomic E-state index is 12.8. The van der Waals surface area contributed by atoms with Crippen LogP contribution < -0.4 is 5.32 Å². The highest BCUT2D eigenvalue weighted by molar-refractivity contribution is 5.87. The van der Waals surface area contributed by atoms with E-state index in [4.69, 9.17) is 0 Å². The van der Waals surface area contributed by atoms with Gasteiger partial charge in [-0.15, -0.1) is 0 Å². The number of carbonyl (C=O) groups excluding carboxylic acids is 1. The van der Waals surface area contributed by atoms with Crippen molar-refractivity contribution in [1.29, 1.82) is 0 Å². The molecule has 0 radical (unpaired) electrons. The molecule has 3 fully saturated rings. The molecular weight excluding hydrogens is 268 g/mol. The quantitative estimate of drug-likeness (QED) is 0.812. The van der Waals surface area contributed by atoms with Gasteiger partial charge in [0, 0.05) is 12.6 Å². The van der Waals surface area contributed by atoms with Crippen molar-refractivity contribution in [3.63, 3.8) is 0 Å². The van der Waals surface area contributed by atoms with Gasteiger partial charge in [0.15, 0.2) is 0 Å². The first-order valence-electron chi connectivity index (χ1n) is 8.37. The molecule has 5 unspecified atom stereocenters. The van der Waals surface area contributed by atoms with Gasteiger partial charge in [-0.25, -0.2) is 4.79 Å². The molecule has 0 bridgehead atoms. The Labute approximate surface area is 126 Å². The number of rotatable bonds is 2. The zero-order chi connectivity index (χ0) is 15.0. The summed E-state index contributed by atoms with van der Waals surface area (Å²) in [4.78, 5) is 26.0. The summed E-state index contributed by atoms with van der Waals surface area (Å²) in [5.74, 6) is -0.184. The van der Waals surface area contributed by atoms with Crippen molar-refractivity contribution in [3.05, 3.63) is 0 Å². The van der Waals surface area contributed by atoms with Crippen LogP contribution in [0, 0.1) is 11.8 Å². The molecular formula is C16H26N2O3. The third-order valence-electron chi connectivity index (χ3n) is 5.63. The number of carboxylic acids is 1. The maximum absolute atomic E-state index is 12.8. The Morgan fingerprint density at radius 2 is 1.90 bits per heavy atom. The summed E-state index contributed by atoms with van der Waals surface area (Å²) in [6, 6.07) is -0.334. The molecule has 2 heterocycles. The summed E-state index contributed by atoms with van der Waals surface area (Å²) in [6.07, 6.45) is 7.57. The lowest BCUT2D eigenvalue weighted by Crippen LogP contribution is -2.56. The first-order valence-corrected chi connectivity index (χ1v) is 8.37. The largest absolute Gasteiger partial charge is 0.480 e. The third-order valence-corrected chi connectivity index (χ3v) is 5.63. The Balaban J connectivity index is 1.70. The lowest BCUT2D eigenvalue weighted by atomic mass is 9.84. The second kappa shape index (κ2) is 5.95. The molecule has 1 aliphatic carbocycles. The van der Waals surface area contributed by atoms with E-state index in [9.17, 15) is 14.7 Å². The summed E-state index contributed by atoms with van der Waals surface area (Å²) in [5.41, 5.74) is 0. The fourth-order valence-electron chi connectivity index (χ4n) is 4.52. The Kier molecular flexibility index (Phi) is 4.20. The van der Waals surface area contributed by atoms with E-state index in [2.05, 4.69) is 5.32 Å². The molecule has 5 nitrogen and oxygen atoms in total. The smallest absolute Gasteiger partial charge is 0.326 e. The van der Waals surface area contributed by atoms with E-state index in [0.717, 1.165) is 25.7 Å². The van der Waals surface area contributed by atoms with Gasteiger partial charge in [-0.05, 0) is 43.9 Å². The van der Waals surface area contributed by atoms with Crippen LogP contribution >= 0.6 is 0 Å². The minimum absolute atomic E-state index is 0.0170. The summed E-state index contributed by atoms with van der Waals surface area (Å²) in [6.45, 7) is 2.54. The van der Waals surface area contributed by atoms with E-state index in [1.807, 2.05) is 6.92 Å². The van der Waals surface area contributed by atoms with Crippen LogP contribution in [-0.2, 0) is 9.59 Å². The first kappa shape index (κ1) is 14.8. The Bertz CT molecular complexity index is 412. The highest BCUT2D eigenvalue weighted by atomic mass is 16.4. The molecule has 1 amide bonds. The molecule has 0 aromatic rings. The van der Waals surface area contributed by atoms with Gasteiger partial charge in [-0.3, -0.25) is 4.79 Å². The minimum Gasteiger partial charge on any atom is -0.480 e. The predicted octanol–water partition coefficient (Wildman–Crippen LogP) is 1.62. The number of aliphatic carboxylic acids is 1. The molecule has 0 spiro atoms. The number of nitrogens with one attached hydrogen (secondary N) is 1. The first-order chi connectivity index (χ1) is 10.1. The van der Waals surface area contributed by atoms with Crippen LogP contribution in [0.1, 0.15) is 51.9 Å². The molecule has 2 aliphatic heterocycles. The topological polar surface area (TPSA) is 69.6 Å². The van der Waals surface area contributed by atoms with Crippen molar-refractivity contribution in [2.45, 2.75) is 70.0 Å². The fraction of sp³-hybridized carbons (Fsp3) is 0.875. The summed E-state index contributed by atoms with van der Waals surface area (Å²) < 4.78 is 0. The Morgan fingerprint density at radius 3 is 2.62 bits per heavy atom. The van der Waals surface area contributed by atoms with Crippen LogP contribution in [0.15, 0.2) is 0 Å². The lowest BCUT2D eigenvalue weighted by Gasteiger charge is -2.38. The van der Waals surface area contributed by atoms with E-state index in [1.54, 1.807) is 4.90 Å². The van der Waals surface area contributed by atoms with Gasteiger partial charge in [-0.1, -0.05) is 19.8 Å². The average molecular weight is 294 g/mol. The number of amides is 1. The number of piperidine rings is 1. The normalized spacial score (nSPS) is 39.9. The average Bonchev–Trinajstić information content (AvgIpc) is 2.89. The molecule has 2 N–H and O–H groups in total. The zero-order valence-electron chi connectivity index (χ0n) is 12.8. The molecule has 0 aromatic heterocycles. The van der Waals surface area contributed by atoms with Gasteiger partial charge >= 0.3 is 5.97 Å². The van der Waals surface area contributed by atoms with Crippen molar-refractivity contribution < 1.29 is 14.7 Å². The van der Waals surface area contributed by atoms with Gasteiger partial charge in [0.1, 0.15) is 6.04 Å². The minimum atomic E-state index is -0.856. The Morgan fingerprint density at radius 1 is 1.14 bits per heavy atom.